The van der Waals surface area contributed by atoms with Crippen molar-refractivity contribution in [2.24, 2.45) is 0 Å². The minimum Gasteiger partial charge on any atom is -0.508 e. The van der Waals surface area contributed by atoms with Crippen molar-refractivity contribution in [1.82, 2.24) is 9.71 Å². The van der Waals surface area contributed by atoms with Crippen molar-refractivity contribution in [2.75, 3.05) is 0 Å². The predicted molar refractivity (Wildman–Crippen MR) is 98.8 cm³/mol. The van der Waals surface area contributed by atoms with Gasteiger partial charge in [-0.05, 0) is 53.6 Å². The summed E-state index contributed by atoms with van der Waals surface area (Å²) in [6.45, 7) is -0.0259. The molecule has 2 aromatic carbocycles. The summed E-state index contributed by atoms with van der Waals surface area (Å²) in [6, 6.07) is 15.1. The number of aromatic carboxylic acids is 1. The highest BCUT2D eigenvalue weighted by atomic mass is 32.2. The van der Waals surface area contributed by atoms with Crippen LogP contribution in [0.25, 0.3) is 11.1 Å². The molecule has 3 rings (SSSR count). The van der Waals surface area contributed by atoms with E-state index < -0.39 is 16.0 Å². The third-order valence-electron chi connectivity index (χ3n) is 3.81. The van der Waals surface area contributed by atoms with Gasteiger partial charge in [0.25, 0.3) is 0 Å². The topological polar surface area (TPSA) is 117 Å². The molecular formula is C19H16N2O5S. The van der Waals surface area contributed by atoms with Crippen LogP contribution in [0.1, 0.15) is 16.1 Å². The molecule has 0 fully saturated rings. The van der Waals surface area contributed by atoms with E-state index in [1.165, 1.54) is 24.3 Å². The lowest BCUT2D eigenvalue weighted by Gasteiger charge is -2.10. The van der Waals surface area contributed by atoms with E-state index >= 15 is 0 Å². The minimum absolute atomic E-state index is 0.00841. The molecule has 0 saturated carbocycles. The molecule has 7 nitrogen and oxygen atoms in total. The van der Waals surface area contributed by atoms with Gasteiger partial charge in [0.15, 0.2) is 0 Å². The highest BCUT2D eigenvalue weighted by Crippen LogP contribution is 2.27. The van der Waals surface area contributed by atoms with Crippen LogP contribution in [-0.4, -0.2) is 29.6 Å². The third kappa shape index (κ3) is 4.49. The Hall–Kier alpha value is -3.23. The molecular weight excluding hydrogens is 368 g/mol. The average Bonchev–Trinajstić information content (AvgIpc) is 2.67. The number of phenols is 1. The van der Waals surface area contributed by atoms with Crippen molar-refractivity contribution < 1.29 is 23.4 Å². The molecule has 0 unspecified atom stereocenters. The number of sulfonamides is 1. The Balaban J connectivity index is 1.99. The lowest BCUT2D eigenvalue weighted by molar-refractivity contribution is 0.0696. The lowest BCUT2D eigenvalue weighted by atomic mass is 10.0. The molecule has 0 amide bonds. The van der Waals surface area contributed by atoms with Crippen LogP contribution < -0.4 is 4.72 Å². The van der Waals surface area contributed by atoms with Gasteiger partial charge in [0, 0.05) is 6.20 Å². The van der Waals surface area contributed by atoms with E-state index in [2.05, 4.69) is 9.71 Å². The molecule has 0 bridgehead atoms. The fraction of sp³-hybridized carbons (Fsp3) is 0.0526. The average molecular weight is 384 g/mol. The highest BCUT2D eigenvalue weighted by Gasteiger charge is 2.18. The number of pyridine rings is 1. The number of carboxylic acid groups (broad SMARTS) is 1. The zero-order valence-electron chi connectivity index (χ0n) is 14.0. The molecule has 1 aromatic heterocycles. The molecule has 27 heavy (non-hydrogen) atoms. The summed E-state index contributed by atoms with van der Waals surface area (Å²) in [5.74, 6) is -1.26. The molecule has 0 atom stereocenters. The number of phenolic OH excluding ortho intramolecular Hbond substituents is 1. The van der Waals surface area contributed by atoms with Crippen molar-refractivity contribution in [3.63, 3.8) is 0 Å². The molecule has 0 spiro atoms. The summed E-state index contributed by atoms with van der Waals surface area (Å²) in [5.41, 5.74) is 1.22. The van der Waals surface area contributed by atoms with Crippen LogP contribution in [0.15, 0.2) is 71.8 Å². The molecule has 0 saturated heterocycles. The van der Waals surface area contributed by atoms with Gasteiger partial charge >= 0.3 is 5.97 Å². The Labute approximate surface area is 156 Å². The van der Waals surface area contributed by atoms with Crippen molar-refractivity contribution in [3.05, 3.63) is 78.1 Å². The maximum atomic E-state index is 12.6. The molecule has 0 radical (unpaired) electrons. The Morgan fingerprint density at radius 1 is 1.00 bits per heavy atom. The second-order valence-electron chi connectivity index (χ2n) is 5.75. The molecule has 3 N–H and O–H groups in total. The minimum atomic E-state index is -3.97. The second kappa shape index (κ2) is 7.56. The number of aromatic hydroxyl groups is 1. The Bertz CT molecular complexity index is 1080. The summed E-state index contributed by atoms with van der Waals surface area (Å²) < 4.78 is 27.7. The molecule has 0 aliphatic heterocycles. The Morgan fingerprint density at radius 2 is 1.81 bits per heavy atom. The number of carbonyl (C=O) groups is 1. The van der Waals surface area contributed by atoms with E-state index in [0.29, 0.717) is 16.8 Å². The zero-order valence-corrected chi connectivity index (χ0v) is 14.8. The van der Waals surface area contributed by atoms with E-state index in [4.69, 9.17) is 0 Å². The first kappa shape index (κ1) is 18.6. The van der Waals surface area contributed by atoms with E-state index in [-0.39, 0.29) is 22.8 Å². The van der Waals surface area contributed by atoms with Gasteiger partial charge in [0.2, 0.25) is 10.0 Å². The molecule has 8 heteroatoms. The van der Waals surface area contributed by atoms with E-state index in [1.54, 1.807) is 36.5 Å². The van der Waals surface area contributed by atoms with Crippen LogP contribution in [0.2, 0.25) is 0 Å². The Kier molecular flexibility index (Phi) is 5.20. The van der Waals surface area contributed by atoms with Gasteiger partial charge in [0.05, 0.1) is 22.7 Å². The first-order valence-corrected chi connectivity index (χ1v) is 9.41. The van der Waals surface area contributed by atoms with Gasteiger partial charge in [-0.25, -0.2) is 17.9 Å². The van der Waals surface area contributed by atoms with Gasteiger partial charge in [-0.15, -0.1) is 0 Å². The van der Waals surface area contributed by atoms with Crippen LogP contribution in [0, 0.1) is 0 Å². The molecule has 3 aromatic rings. The number of benzene rings is 2. The zero-order chi connectivity index (χ0) is 19.4. The molecule has 0 aliphatic carbocycles. The quantitative estimate of drug-likeness (QED) is 0.601. The SMILES string of the molecule is O=C(O)c1cc(-c2cccc(O)c2)cc(S(=O)(=O)NCc2ccccn2)c1. The summed E-state index contributed by atoms with van der Waals surface area (Å²) in [7, 11) is -3.97. The smallest absolute Gasteiger partial charge is 0.335 e. The highest BCUT2D eigenvalue weighted by molar-refractivity contribution is 7.89. The fourth-order valence-corrected chi connectivity index (χ4v) is 3.55. The van der Waals surface area contributed by atoms with Gasteiger partial charge in [-0.2, -0.15) is 0 Å². The normalized spacial score (nSPS) is 11.3. The molecule has 138 valence electrons. The fourth-order valence-electron chi connectivity index (χ4n) is 2.48. The van der Waals surface area contributed by atoms with E-state index in [1.807, 2.05) is 0 Å². The predicted octanol–water partition coefficient (Wildman–Crippen LogP) is 2.63. The lowest BCUT2D eigenvalue weighted by Crippen LogP contribution is -2.24. The Morgan fingerprint density at radius 3 is 2.48 bits per heavy atom. The standard InChI is InChI=1S/C19H16N2O5S/c22-17-6-3-4-13(9-17)14-8-15(19(23)24)11-18(10-14)27(25,26)21-12-16-5-1-2-7-20-16/h1-11,21-22H,12H2,(H,23,24). The van der Waals surface area contributed by atoms with Gasteiger partial charge in [0.1, 0.15) is 5.75 Å². The number of rotatable bonds is 6. The van der Waals surface area contributed by atoms with Crippen molar-refractivity contribution in [2.45, 2.75) is 11.4 Å². The first-order chi connectivity index (χ1) is 12.8. The van der Waals surface area contributed by atoms with E-state index in [0.717, 1.165) is 6.07 Å². The number of carboxylic acids is 1. The van der Waals surface area contributed by atoms with E-state index in [9.17, 15) is 23.4 Å². The monoisotopic (exact) mass is 384 g/mol. The molecule has 1 heterocycles. The van der Waals surface area contributed by atoms with Crippen LogP contribution in [0.4, 0.5) is 0 Å². The maximum absolute atomic E-state index is 12.6. The maximum Gasteiger partial charge on any atom is 0.335 e. The number of hydrogen-bond donors (Lipinski definition) is 3. The first-order valence-electron chi connectivity index (χ1n) is 7.92. The summed E-state index contributed by atoms with van der Waals surface area (Å²) >= 11 is 0. The summed E-state index contributed by atoms with van der Waals surface area (Å²) in [4.78, 5) is 15.3. The van der Waals surface area contributed by atoms with Crippen molar-refractivity contribution in [3.8, 4) is 16.9 Å². The summed E-state index contributed by atoms with van der Waals surface area (Å²) in [5, 5.41) is 19.0. The largest absolute Gasteiger partial charge is 0.508 e. The van der Waals surface area contributed by atoms with Crippen LogP contribution in [0.5, 0.6) is 5.75 Å². The van der Waals surface area contributed by atoms with Crippen LogP contribution in [0.3, 0.4) is 0 Å². The molecule has 0 aliphatic rings. The van der Waals surface area contributed by atoms with Crippen molar-refractivity contribution >= 4 is 16.0 Å². The number of hydrogen-bond acceptors (Lipinski definition) is 5. The number of aromatic nitrogens is 1. The van der Waals surface area contributed by atoms with Crippen LogP contribution in [-0.2, 0) is 16.6 Å². The second-order valence-corrected chi connectivity index (χ2v) is 7.51. The number of nitrogens with zero attached hydrogens (tertiary/aromatic N) is 1. The van der Waals surface area contributed by atoms with Gasteiger partial charge < -0.3 is 10.2 Å². The third-order valence-corrected chi connectivity index (χ3v) is 5.19. The number of nitrogens with one attached hydrogen (secondary N) is 1. The van der Waals surface area contributed by atoms with Crippen molar-refractivity contribution in [1.29, 1.82) is 0 Å². The summed E-state index contributed by atoms with van der Waals surface area (Å²) in [6.07, 6.45) is 1.55. The van der Waals surface area contributed by atoms with Gasteiger partial charge in [-0.1, -0.05) is 18.2 Å². The van der Waals surface area contributed by atoms with Crippen LogP contribution >= 0.6 is 0 Å². The van der Waals surface area contributed by atoms with Gasteiger partial charge in [-0.3, -0.25) is 4.98 Å².